The molecule has 38 heavy (non-hydrogen) atoms. The predicted molar refractivity (Wildman–Crippen MR) is 143 cm³/mol. The van der Waals surface area contributed by atoms with Crippen molar-refractivity contribution in [1.29, 1.82) is 0 Å². The number of halogens is 1. The van der Waals surface area contributed by atoms with Crippen molar-refractivity contribution in [2.75, 3.05) is 18.6 Å². The highest BCUT2D eigenvalue weighted by atomic mass is 35.5. The molecular weight excluding hydrogens is 508 g/mol. The molecule has 2 N–H and O–H groups in total. The Morgan fingerprint density at radius 3 is 2.47 bits per heavy atom. The maximum Gasteiger partial charge on any atom is 0.323 e. The van der Waals surface area contributed by atoms with Gasteiger partial charge in [0.1, 0.15) is 18.8 Å². The van der Waals surface area contributed by atoms with Gasteiger partial charge < -0.3 is 24.8 Å². The molecule has 3 aromatic rings. The van der Waals surface area contributed by atoms with Gasteiger partial charge in [-0.2, -0.15) is 5.10 Å². The Morgan fingerprint density at radius 2 is 1.84 bits per heavy atom. The van der Waals surface area contributed by atoms with Crippen molar-refractivity contribution in [1.82, 2.24) is 9.78 Å². The molecule has 1 fully saturated rings. The van der Waals surface area contributed by atoms with Crippen molar-refractivity contribution in [3.8, 4) is 17.2 Å². The Balaban J connectivity index is 1.26. The molecule has 1 aliphatic heterocycles. The third-order valence-electron chi connectivity index (χ3n) is 6.93. The van der Waals surface area contributed by atoms with E-state index >= 15 is 0 Å². The monoisotopic (exact) mass is 538 g/mol. The minimum absolute atomic E-state index is 0.00836. The highest BCUT2D eigenvalue weighted by Crippen LogP contribution is 2.38. The van der Waals surface area contributed by atoms with E-state index in [2.05, 4.69) is 5.10 Å². The van der Waals surface area contributed by atoms with E-state index in [0.717, 1.165) is 24.1 Å². The Bertz CT molecular complexity index is 1340. The lowest BCUT2D eigenvalue weighted by atomic mass is 10.1. The van der Waals surface area contributed by atoms with Gasteiger partial charge in [0.15, 0.2) is 17.2 Å². The predicted octanol–water partition coefficient (Wildman–Crippen LogP) is 4.38. The van der Waals surface area contributed by atoms with Crippen LogP contribution >= 0.6 is 11.6 Å². The molecular formula is C28H31ClN4O5. The molecule has 200 valence electrons. The lowest BCUT2D eigenvalue weighted by Gasteiger charge is -2.23. The summed E-state index contributed by atoms with van der Waals surface area (Å²) in [6.45, 7) is 4.36. The first-order chi connectivity index (χ1) is 18.2. The van der Waals surface area contributed by atoms with Crippen molar-refractivity contribution in [2.24, 2.45) is 17.6 Å². The summed E-state index contributed by atoms with van der Waals surface area (Å²) in [4.78, 5) is 27.2. The number of methoxy groups -OCH3 is 1. The number of anilines is 1. The van der Waals surface area contributed by atoms with Gasteiger partial charge in [0.05, 0.1) is 19.3 Å². The topological polar surface area (TPSA) is 109 Å². The van der Waals surface area contributed by atoms with Crippen molar-refractivity contribution in [2.45, 2.75) is 45.4 Å². The molecule has 10 heteroatoms. The van der Waals surface area contributed by atoms with Crippen LogP contribution in [0.3, 0.4) is 0 Å². The van der Waals surface area contributed by atoms with Crippen LogP contribution in [-0.2, 0) is 16.1 Å². The minimum atomic E-state index is -0.666. The molecule has 2 aliphatic rings. The molecule has 1 aromatic heterocycles. The third-order valence-corrected chi connectivity index (χ3v) is 7.18. The van der Waals surface area contributed by atoms with Gasteiger partial charge in [-0.05, 0) is 61.1 Å². The molecule has 1 saturated carbocycles. The summed E-state index contributed by atoms with van der Waals surface area (Å²) < 4.78 is 19.0. The second-order valence-corrected chi connectivity index (χ2v) is 10.5. The Morgan fingerprint density at radius 1 is 1.13 bits per heavy atom. The molecule has 0 saturated heterocycles. The highest BCUT2D eigenvalue weighted by Gasteiger charge is 2.37. The number of carbonyl (C=O) groups excluding carboxylic acids is 2. The SMILES string of the molecule is COc1cc(N2Cc3cn(-c4ccc(Cl)cc4)nc3C2=O)ccc1OC[C@H](OC(=O)[C@@H](N)C(C)C)C1CC1. The molecule has 5 rings (SSSR count). The third kappa shape index (κ3) is 5.35. The van der Waals surface area contributed by atoms with Crippen LogP contribution in [0, 0.1) is 11.8 Å². The maximum absolute atomic E-state index is 13.2. The summed E-state index contributed by atoms with van der Waals surface area (Å²) in [5, 5.41) is 5.14. The van der Waals surface area contributed by atoms with Gasteiger partial charge in [-0.15, -0.1) is 0 Å². The van der Waals surface area contributed by atoms with Gasteiger partial charge in [-0.3, -0.25) is 9.59 Å². The average molecular weight is 539 g/mol. The fourth-order valence-electron chi connectivity index (χ4n) is 4.36. The molecule has 2 heterocycles. The smallest absolute Gasteiger partial charge is 0.323 e. The summed E-state index contributed by atoms with van der Waals surface area (Å²) >= 11 is 5.98. The van der Waals surface area contributed by atoms with Gasteiger partial charge in [0, 0.05) is 28.5 Å². The number of esters is 1. The van der Waals surface area contributed by atoms with E-state index in [-0.39, 0.29) is 30.5 Å². The summed E-state index contributed by atoms with van der Waals surface area (Å²) in [5.74, 6) is 0.644. The number of ether oxygens (including phenoxy) is 3. The summed E-state index contributed by atoms with van der Waals surface area (Å²) in [7, 11) is 1.54. The number of carbonyl (C=O) groups is 2. The lowest BCUT2D eigenvalue weighted by Crippen LogP contribution is -2.40. The zero-order chi connectivity index (χ0) is 27.0. The second kappa shape index (κ2) is 10.7. The van der Waals surface area contributed by atoms with E-state index in [9.17, 15) is 9.59 Å². The number of amides is 1. The van der Waals surface area contributed by atoms with Crippen molar-refractivity contribution in [3.05, 3.63) is 64.9 Å². The fraction of sp³-hybridized carbons (Fsp3) is 0.393. The van der Waals surface area contributed by atoms with Gasteiger partial charge in [-0.25, -0.2) is 4.68 Å². The van der Waals surface area contributed by atoms with E-state index in [0.29, 0.717) is 34.4 Å². The van der Waals surface area contributed by atoms with Crippen LogP contribution in [-0.4, -0.2) is 47.5 Å². The number of hydrogen-bond donors (Lipinski definition) is 1. The zero-order valence-electron chi connectivity index (χ0n) is 21.6. The van der Waals surface area contributed by atoms with Gasteiger partial charge in [0.2, 0.25) is 0 Å². The summed E-state index contributed by atoms with van der Waals surface area (Å²) in [6.07, 6.45) is 3.46. The van der Waals surface area contributed by atoms with Gasteiger partial charge in [-0.1, -0.05) is 25.4 Å². The number of nitrogens with zero attached hydrogens (tertiary/aromatic N) is 3. The molecule has 1 aliphatic carbocycles. The summed E-state index contributed by atoms with van der Waals surface area (Å²) in [5.41, 5.74) is 8.70. The maximum atomic E-state index is 13.2. The minimum Gasteiger partial charge on any atom is -0.493 e. The largest absolute Gasteiger partial charge is 0.493 e. The normalized spacial score (nSPS) is 16.4. The first-order valence-corrected chi connectivity index (χ1v) is 13.1. The van der Waals surface area contributed by atoms with Crippen LogP contribution in [0.15, 0.2) is 48.7 Å². The van der Waals surface area contributed by atoms with Crippen LogP contribution < -0.4 is 20.1 Å². The van der Waals surface area contributed by atoms with Crippen LogP contribution in [0.2, 0.25) is 5.02 Å². The van der Waals surface area contributed by atoms with Gasteiger partial charge in [0.25, 0.3) is 5.91 Å². The van der Waals surface area contributed by atoms with Crippen molar-refractivity contribution < 1.29 is 23.8 Å². The standard InChI is InChI=1S/C28H31ClN4O5/c1-16(2)25(30)28(35)38-24(17-4-5-17)15-37-22-11-10-21(12-23(22)36-3)32-13-18-14-33(31-26(18)27(32)34)20-8-6-19(29)7-9-20/h6-12,14,16-17,24-25H,4-5,13,15,30H2,1-3H3/t24-,25-/m0/s1. The number of aromatic nitrogens is 2. The molecule has 1 amide bonds. The molecule has 2 aromatic carbocycles. The number of fused-ring (bicyclic) bond motifs is 1. The number of nitrogens with two attached hydrogens (primary N) is 1. The van der Waals surface area contributed by atoms with Crippen LogP contribution in [0.5, 0.6) is 11.5 Å². The zero-order valence-corrected chi connectivity index (χ0v) is 22.4. The van der Waals surface area contributed by atoms with E-state index in [4.69, 9.17) is 31.5 Å². The Hall–Kier alpha value is -3.56. The summed E-state index contributed by atoms with van der Waals surface area (Å²) in [6, 6.07) is 11.9. The molecule has 0 unspecified atom stereocenters. The first kappa shape index (κ1) is 26.1. The van der Waals surface area contributed by atoms with E-state index < -0.39 is 12.0 Å². The lowest BCUT2D eigenvalue weighted by molar-refractivity contribution is -0.154. The first-order valence-electron chi connectivity index (χ1n) is 12.7. The van der Waals surface area contributed by atoms with E-state index in [1.165, 1.54) is 0 Å². The van der Waals surface area contributed by atoms with Crippen molar-refractivity contribution in [3.63, 3.8) is 0 Å². The molecule has 9 nitrogen and oxygen atoms in total. The molecule has 2 atom stereocenters. The quantitative estimate of drug-likeness (QED) is 0.381. The average Bonchev–Trinajstić information content (AvgIpc) is 3.60. The van der Waals surface area contributed by atoms with Crippen LogP contribution in [0.1, 0.15) is 42.7 Å². The number of hydrogen-bond acceptors (Lipinski definition) is 7. The Kier molecular flexibility index (Phi) is 7.32. The Labute approximate surface area is 226 Å². The van der Waals surface area contributed by atoms with Crippen molar-refractivity contribution >= 4 is 29.2 Å². The van der Waals surface area contributed by atoms with Gasteiger partial charge >= 0.3 is 5.97 Å². The van der Waals surface area contributed by atoms with E-state index in [1.807, 2.05) is 38.2 Å². The number of benzene rings is 2. The molecule has 0 spiro atoms. The molecule has 0 bridgehead atoms. The van der Waals surface area contributed by atoms with E-state index in [1.54, 1.807) is 41.0 Å². The van der Waals surface area contributed by atoms with Crippen LogP contribution in [0.4, 0.5) is 5.69 Å². The number of rotatable bonds is 10. The fourth-order valence-corrected chi connectivity index (χ4v) is 4.49. The van der Waals surface area contributed by atoms with Crippen LogP contribution in [0.25, 0.3) is 5.69 Å². The molecule has 0 radical (unpaired) electrons. The highest BCUT2D eigenvalue weighted by molar-refractivity contribution is 6.30. The second-order valence-electron chi connectivity index (χ2n) is 10.0.